The zero-order valence-corrected chi connectivity index (χ0v) is 12.9. The van der Waals surface area contributed by atoms with E-state index in [1.54, 1.807) is 18.2 Å². The standard InChI is InChI=1S/C18H16N4O2/c23-18(13-3-4-13)19-14-5-7-15(8-6-14)24-17-10-9-16(20-21-17)22-11-1-2-12-22/h1-2,5-13H,3-4H2,(H,19,23). The lowest BCUT2D eigenvalue weighted by Gasteiger charge is -2.07. The summed E-state index contributed by atoms with van der Waals surface area (Å²) >= 11 is 0. The average molecular weight is 320 g/mol. The lowest BCUT2D eigenvalue weighted by Crippen LogP contribution is -2.12. The second-order valence-electron chi connectivity index (χ2n) is 5.71. The minimum atomic E-state index is 0.0927. The van der Waals surface area contributed by atoms with Crippen molar-refractivity contribution in [1.82, 2.24) is 14.8 Å². The van der Waals surface area contributed by atoms with Crippen LogP contribution in [-0.4, -0.2) is 20.7 Å². The molecule has 1 aromatic carbocycles. The van der Waals surface area contributed by atoms with Crippen LogP contribution >= 0.6 is 0 Å². The van der Waals surface area contributed by atoms with Crippen molar-refractivity contribution in [2.45, 2.75) is 12.8 Å². The summed E-state index contributed by atoms with van der Waals surface area (Å²) < 4.78 is 7.54. The van der Waals surface area contributed by atoms with E-state index < -0.39 is 0 Å². The molecule has 1 aliphatic carbocycles. The molecule has 3 aromatic rings. The number of carbonyl (C=O) groups excluding carboxylic acids is 1. The Morgan fingerprint density at radius 2 is 1.79 bits per heavy atom. The van der Waals surface area contributed by atoms with Crippen molar-refractivity contribution >= 4 is 11.6 Å². The zero-order chi connectivity index (χ0) is 16.4. The Morgan fingerprint density at radius 1 is 1.04 bits per heavy atom. The van der Waals surface area contributed by atoms with Gasteiger partial charge in [-0.3, -0.25) is 4.79 Å². The van der Waals surface area contributed by atoms with Crippen LogP contribution in [0.5, 0.6) is 11.6 Å². The van der Waals surface area contributed by atoms with Gasteiger partial charge in [-0.05, 0) is 55.3 Å². The first-order valence-corrected chi connectivity index (χ1v) is 7.84. The third kappa shape index (κ3) is 3.27. The number of hydrogen-bond donors (Lipinski definition) is 1. The van der Waals surface area contributed by atoms with Crippen LogP contribution < -0.4 is 10.1 Å². The number of nitrogens with one attached hydrogen (secondary N) is 1. The van der Waals surface area contributed by atoms with Crippen molar-refractivity contribution in [3.63, 3.8) is 0 Å². The lowest BCUT2D eigenvalue weighted by atomic mass is 10.3. The molecule has 1 saturated carbocycles. The molecule has 6 nitrogen and oxygen atoms in total. The topological polar surface area (TPSA) is 69.0 Å². The van der Waals surface area contributed by atoms with Gasteiger partial charge < -0.3 is 14.6 Å². The summed E-state index contributed by atoms with van der Waals surface area (Å²) in [6.45, 7) is 0. The third-order valence-electron chi connectivity index (χ3n) is 3.79. The summed E-state index contributed by atoms with van der Waals surface area (Å²) in [6.07, 6.45) is 5.79. The van der Waals surface area contributed by atoms with E-state index in [-0.39, 0.29) is 11.8 Å². The summed E-state index contributed by atoms with van der Waals surface area (Å²) in [4.78, 5) is 11.7. The highest BCUT2D eigenvalue weighted by atomic mass is 16.5. The van der Waals surface area contributed by atoms with Crippen molar-refractivity contribution in [3.8, 4) is 17.4 Å². The van der Waals surface area contributed by atoms with E-state index in [9.17, 15) is 4.79 Å². The highest BCUT2D eigenvalue weighted by Gasteiger charge is 2.29. The van der Waals surface area contributed by atoms with Crippen LogP contribution in [0.2, 0.25) is 0 Å². The lowest BCUT2D eigenvalue weighted by molar-refractivity contribution is -0.117. The molecule has 120 valence electrons. The van der Waals surface area contributed by atoms with Gasteiger partial charge in [-0.25, -0.2) is 0 Å². The molecule has 0 radical (unpaired) electrons. The normalized spacial score (nSPS) is 13.5. The number of benzene rings is 1. The average Bonchev–Trinajstić information content (AvgIpc) is 3.32. The molecular weight excluding hydrogens is 304 g/mol. The Morgan fingerprint density at radius 3 is 2.42 bits per heavy atom. The number of ether oxygens (including phenoxy) is 1. The maximum absolute atomic E-state index is 11.7. The fourth-order valence-corrected chi connectivity index (χ4v) is 2.31. The molecule has 0 atom stereocenters. The molecule has 6 heteroatoms. The van der Waals surface area contributed by atoms with E-state index in [0.717, 1.165) is 24.3 Å². The van der Waals surface area contributed by atoms with Crippen LogP contribution in [0, 0.1) is 5.92 Å². The van der Waals surface area contributed by atoms with E-state index >= 15 is 0 Å². The van der Waals surface area contributed by atoms with Crippen molar-refractivity contribution in [2.24, 2.45) is 5.92 Å². The number of hydrogen-bond acceptors (Lipinski definition) is 4. The third-order valence-corrected chi connectivity index (χ3v) is 3.79. The minimum absolute atomic E-state index is 0.0927. The van der Waals surface area contributed by atoms with Crippen LogP contribution in [0.4, 0.5) is 5.69 Å². The summed E-state index contributed by atoms with van der Waals surface area (Å²) in [5.74, 6) is 2.07. The van der Waals surface area contributed by atoms with E-state index in [1.807, 2.05) is 47.3 Å². The Labute approximate surface area is 139 Å². The van der Waals surface area contributed by atoms with Gasteiger partial charge in [0, 0.05) is 30.1 Å². The number of carbonyl (C=O) groups is 1. The monoisotopic (exact) mass is 320 g/mol. The first kappa shape index (κ1) is 14.4. The predicted molar refractivity (Wildman–Crippen MR) is 89.2 cm³/mol. The first-order chi connectivity index (χ1) is 11.8. The SMILES string of the molecule is O=C(Nc1ccc(Oc2ccc(-n3cccc3)nn2)cc1)C1CC1. The molecule has 2 heterocycles. The van der Waals surface area contributed by atoms with Gasteiger partial charge in [0.1, 0.15) is 5.75 Å². The van der Waals surface area contributed by atoms with Crippen LogP contribution in [-0.2, 0) is 4.79 Å². The molecule has 24 heavy (non-hydrogen) atoms. The molecule has 0 unspecified atom stereocenters. The molecule has 0 bridgehead atoms. The Hall–Kier alpha value is -3.15. The molecule has 2 aromatic heterocycles. The number of rotatable bonds is 5. The molecule has 0 spiro atoms. The van der Waals surface area contributed by atoms with E-state index in [4.69, 9.17) is 4.74 Å². The summed E-state index contributed by atoms with van der Waals surface area (Å²) in [6, 6.07) is 14.7. The Balaban J connectivity index is 1.40. The predicted octanol–water partition coefficient (Wildman–Crippen LogP) is 3.41. The summed E-state index contributed by atoms with van der Waals surface area (Å²) in [7, 11) is 0. The van der Waals surface area contributed by atoms with Gasteiger partial charge >= 0.3 is 0 Å². The summed E-state index contributed by atoms with van der Waals surface area (Å²) in [5, 5.41) is 11.1. The molecular formula is C18H16N4O2. The van der Waals surface area contributed by atoms with Gasteiger partial charge in [0.2, 0.25) is 11.8 Å². The van der Waals surface area contributed by atoms with E-state index in [1.165, 1.54) is 0 Å². The molecule has 4 rings (SSSR count). The fraction of sp³-hybridized carbons (Fsp3) is 0.167. The van der Waals surface area contributed by atoms with Gasteiger partial charge in [-0.2, -0.15) is 0 Å². The van der Waals surface area contributed by atoms with Gasteiger partial charge in [-0.1, -0.05) is 0 Å². The number of anilines is 1. The van der Waals surface area contributed by atoms with Crippen molar-refractivity contribution < 1.29 is 9.53 Å². The quantitative estimate of drug-likeness (QED) is 0.782. The molecule has 0 saturated heterocycles. The van der Waals surface area contributed by atoms with Crippen LogP contribution in [0.15, 0.2) is 60.9 Å². The largest absolute Gasteiger partial charge is 0.438 e. The van der Waals surface area contributed by atoms with Crippen molar-refractivity contribution in [3.05, 3.63) is 60.9 Å². The molecule has 1 N–H and O–H groups in total. The highest BCUT2D eigenvalue weighted by Crippen LogP contribution is 2.30. The second-order valence-corrected chi connectivity index (χ2v) is 5.71. The fourth-order valence-electron chi connectivity index (χ4n) is 2.31. The first-order valence-electron chi connectivity index (χ1n) is 7.84. The van der Waals surface area contributed by atoms with Gasteiger partial charge in [0.15, 0.2) is 5.82 Å². The second kappa shape index (κ2) is 6.16. The summed E-state index contributed by atoms with van der Waals surface area (Å²) in [5.41, 5.74) is 0.772. The van der Waals surface area contributed by atoms with Gasteiger partial charge in [0.25, 0.3) is 0 Å². The Bertz CT molecular complexity index is 822. The Kier molecular flexibility index (Phi) is 3.70. The number of amides is 1. The smallest absolute Gasteiger partial charge is 0.238 e. The van der Waals surface area contributed by atoms with Crippen LogP contribution in [0.25, 0.3) is 5.82 Å². The number of nitrogens with zero attached hydrogens (tertiary/aromatic N) is 3. The molecule has 1 amide bonds. The van der Waals surface area contributed by atoms with Crippen LogP contribution in [0.3, 0.4) is 0 Å². The van der Waals surface area contributed by atoms with E-state index in [2.05, 4.69) is 15.5 Å². The van der Waals surface area contributed by atoms with Gasteiger partial charge in [-0.15, -0.1) is 10.2 Å². The minimum Gasteiger partial charge on any atom is -0.438 e. The maximum atomic E-state index is 11.7. The van der Waals surface area contributed by atoms with Crippen LogP contribution in [0.1, 0.15) is 12.8 Å². The highest BCUT2D eigenvalue weighted by molar-refractivity contribution is 5.94. The van der Waals surface area contributed by atoms with Gasteiger partial charge in [0.05, 0.1) is 0 Å². The number of aromatic nitrogens is 3. The van der Waals surface area contributed by atoms with Crippen molar-refractivity contribution in [1.29, 1.82) is 0 Å². The van der Waals surface area contributed by atoms with E-state index in [0.29, 0.717) is 11.6 Å². The maximum Gasteiger partial charge on any atom is 0.238 e. The molecule has 1 aliphatic rings. The molecule has 1 fully saturated rings. The van der Waals surface area contributed by atoms with Crippen molar-refractivity contribution in [2.75, 3.05) is 5.32 Å². The molecule has 0 aliphatic heterocycles. The zero-order valence-electron chi connectivity index (χ0n) is 12.9.